The average molecular weight is 320 g/mol. The van der Waals surface area contributed by atoms with Gasteiger partial charge in [-0.1, -0.05) is 60.7 Å². The molecule has 0 aliphatic heterocycles. The fourth-order valence-electron chi connectivity index (χ4n) is 2.41. The van der Waals surface area contributed by atoms with E-state index in [1.165, 1.54) is 18.2 Å². The number of hydrogen-bond acceptors (Lipinski definition) is 4. The van der Waals surface area contributed by atoms with Gasteiger partial charge in [-0.2, -0.15) is 0 Å². The lowest BCUT2D eigenvalue weighted by molar-refractivity contribution is 0.0377. The van der Waals surface area contributed by atoms with E-state index in [0.29, 0.717) is 0 Å². The van der Waals surface area contributed by atoms with Crippen LogP contribution < -0.4 is 0 Å². The minimum Gasteiger partial charge on any atom is -0.504 e. The van der Waals surface area contributed by atoms with Crippen LogP contribution in [0.25, 0.3) is 0 Å². The van der Waals surface area contributed by atoms with E-state index >= 15 is 0 Å². The summed E-state index contributed by atoms with van der Waals surface area (Å²) < 4.78 is 5.67. The standard InChI is InChI=1S/C20H16O4/c21-17-12-11-16(13-18(17)22)20(23)24-19(14-7-3-1-4-8-14)15-9-5-2-6-10-15/h1-13,19,21-22H. The van der Waals surface area contributed by atoms with Gasteiger partial charge in [0, 0.05) is 0 Å². The molecule has 3 aromatic carbocycles. The topological polar surface area (TPSA) is 66.8 Å². The number of benzene rings is 3. The van der Waals surface area contributed by atoms with Crippen LogP contribution in [0.5, 0.6) is 11.5 Å². The highest BCUT2D eigenvalue weighted by atomic mass is 16.5. The van der Waals surface area contributed by atoms with Crippen LogP contribution >= 0.6 is 0 Å². The average Bonchev–Trinajstić information content (AvgIpc) is 2.63. The van der Waals surface area contributed by atoms with Crippen molar-refractivity contribution in [1.29, 1.82) is 0 Å². The molecule has 0 saturated carbocycles. The van der Waals surface area contributed by atoms with E-state index < -0.39 is 12.1 Å². The maximum atomic E-state index is 12.5. The Labute approximate surface area is 139 Å². The summed E-state index contributed by atoms with van der Waals surface area (Å²) in [6, 6.07) is 22.7. The second-order valence-corrected chi connectivity index (χ2v) is 5.31. The zero-order valence-corrected chi connectivity index (χ0v) is 12.8. The monoisotopic (exact) mass is 320 g/mol. The fraction of sp³-hybridized carbons (Fsp3) is 0.0500. The Hall–Kier alpha value is -3.27. The number of rotatable bonds is 4. The lowest BCUT2D eigenvalue weighted by Crippen LogP contribution is -2.13. The molecule has 0 saturated heterocycles. The molecule has 0 spiro atoms. The number of phenolic OH excluding ortho intramolecular Hbond substituents is 2. The molecule has 0 fully saturated rings. The van der Waals surface area contributed by atoms with Crippen molar-refractivity contribution in [3.05, 3.63) is 95.6 Å². The summed E-state index contributed by atoms with van der Waals surface area (Å²) in [6.45, 7) is 0. The summed E-state index contributed by atoms with van der Waals surface area (Å²) in [6.07, 6.45) is -0.559. The molecular weight excluding hydrogens is 304 g/mol. The van der Waals surface area contributed by atoms with E-state index in [2.05, 4.69) is 0 Å². The molecule has 0 aromatic heterocycles. The second-order valence-electron chi connectivity index (χ2n) is 5.31. The number of carbonyl (C=O) groups is 1. The summed E-state index contributed by atoms with van der Waals surface area (Å²) in [7, 11) is 0. The molecule has 2 N–H and O–H groups in total. The van der Waals surface area contributed by atoms with E-state index in [-0.39, 0.29) is 17.1 Å². The highest BCUT2D eigenvalue weighted by molar-refractivity contribution is 5.90. The van der Waals surface area contributed by atoms with Gasteiger partial charge in [0.25, 0.3) is 0 Å². The minimum absolute atomic E-state index is 0.169. The van der Waals surface area contributed by atoms with E-state index in [1.807, 2.05) is 60.7 Å². The van der Waals surface area contributed by atoms with Crippen LogP contribution in [0.1, 0.15) is 27.6 Å². The molecule has 0 aliphatic carbocycles. The molecule has 0 bridgehead atoms. The van der Waals surface area contributed by atoms with Gasteiger partial charge >= 0.3 is 5.97 Å². The number of ether oxygens (including phenoxy) is 1. The van der Waals surface area contributed by atoms with Gasteiger partial charge in [-0.05, 0) is 29.3 Å². The summed E-state index contributed by atoms with van der Waals surface area (Å²) >= 11 is 0. The first kappa shape index (κ1) is 15.6. The van der Waals surface area contributed by atoms with Crippen molar-refractivity contribution in [2.24, 2.45) is 0 Å². The molecule has 0 atom stereocenters. The van der Waals surface area contributed by atoms with Crippen molar-refractivity contribution in [3.63, 3.8) is 0 Å². The lowest BCUT2D eigenvalue weighted by atomic mass is 10.0. The van der Waals surface area contributed by atoms with E-state index in [0.717, 1.165) is 11.1 Å². The van der Waals surface area contributed by atoms with E-state index in [9.17, 15) is 15.0 Å². The zero-order valence-electron chi connectivity index (χ0n) is 12.8. The summed E-state index contributed by atoms with van der Waals surface area (Å²) in [4.78, 5) is 12.5. The number of aromatic hydroxyl groups is 2. The van der Waals surface area contributed by atoms with Gasteiger partial charge in [0.2, 0.25) is 0 Å². The van der Waals surface area contributed by atoms with Crippen LogP contribution in [-0.4, -0.2) is 16.2 Å². The first-order valence-electron chi connectivity index (χ1n) is 7.48. The highest BCUT2D eigenvalue weighted by Gasteiger charge is 2.20. The predicted molar refractivity (Wildman–Crippen MR) is 89.9 cm³/mol. The number of phenols is 2. The van der Waals surface area contributed by atoms with Gasteiger partial charge in [-0.15, -0.1) is 0 Å². The third-order valence-corrected chi connectivity index (χ3v) is 3.64. The van der Waals surface area contributed by atoms with Gasteiger partial charge in [-0.3, -0.25) is 0 Å². The Morgan fingerprint density at radius 2 is 1.29 bits per heavy atom. The molecule has 24 heavy (non-hydrogen) atoms. The first-order valence-corrected chi connectivity index (χ1v) is 7.48. The van der Waals surface area contributed by atoms with Gasteiger partial charge in [-0.25, -0.2) is 4.79 Å². The Morgan fingerprint density at radius 1 is 0.750 bits per heavy atom. The maximum absolute atomic E-state index is 12.5. The van der Waals surface area contributed by atoms with Crippen molar-refractivity contribution in [3.8, 4) is 11.5 Å². The maximum Gasteiger partial charge on any atom is 0.339 e. The van der Waals surface area contributed by atoms with Crippen LogP contribution in [0.15, 0.2) is 78.9 Å². The summed E-state index contributed by atoms with van der Waals surface area (Å²) in [5, 5.41) is 18.9. The molecule has 3 rings (SSSR count). The van der Waals surface area contributed by atoms with Crippen LogP contribution in [-0.2, 0) is 4.74 Å². The van der Waals surface area contributed by atoms with Crippen LogP contribution in [0.2, 0.25) is 0 Å². The van der Waals surface area contributed by atoms with Crippen LogP contribution in [0.3, 0.4) is 0 Å². The molecule has 0 aliphatic rings. The number of carbonyl (C=O) groups excluding carboxylic acids is 1. The van der Waals surface area contributed by atoms with Gasteiger partial charge in [0.15, 0.2) is 17.6 Å². The van der Waals surface area contributed by atoms with Crippen molar-refractivity contribution < 1.29 is 19.7 Å². The van der Waals surface area contributed by atoms with Crippen molar-refractivity contribution in [1.82, 2.24) is 0 Å². The van der Waals surface area contributed by atoms with Crippen molar-refractivity contribution in [2.75, 3.05) is 0 Å². The van der Waals surface area contributed by atoms with Crippen LogP contribution in [0.4, 0.5) is 0 Å². The molecule has 0 radical (unpaired) electrons. The number of esters is 1. The lowest BCUT2D eigenvalue weighted by Gasteiger charge is -2.19. The van der Waals surface area contributed by atoms with Crippen LogP contribution in [0, 0.1) is 0 Å². The van der Waals surface area contributed by atoms with Crippen molar-refractivity contribution >= 4 is 5.97 Å². The Balaban J connectivity index is 1.92. The Morgan fingerprint density at radius 3 is 1.79 bits per heavy atom. The second kappa shape index (κ2) is 6.87. The largest absolute Gasteiger partial charge is 0.504 e. The predicted octanol–water partition coefficient (Wildman–Crippen LogP) is 4.04. The fourth-order valence-corrected chi connectivity index (χ4v) is 2.41. The molecule has 0 unspecified atom stereocenters. The molecule has 3 aromatic rings. The SMILES string of the molecule is O=C(OC(c1ccccc1)c1ccccc1)c1ccc(O)c(O)c1. The quantitative estimate of drug-likeness (QED) is 0.562. The zero-order chi connectivity index (χ0) is 16.9. The van der Waals surface area contributed by atoms with Gasteiger partial charge in [0.05, 0.1) is 5.56 Å². The molecule has 4 heteroatoms. The summed E-state index contributed by atoms with van der Waals surface area (Å²) in [5.74, 6) is -1.22. The third kappa shape index (κ3) is 3.38. The Bertz CT molecular complexity index is 789. The first-order chi connectivity index (χ1) is 11.6. The highest BCUT2D eigenvalue weighted by Crippen LogP contribution is 2.29. The van der Waals surface area contributed by atoms with Gasteiger partial charge in [0.1, 0.15) is 0 Å². The molecule has 0 amide bonds. The minimum atomic E-state index is -0.581. The number of hydrogen-bond donors (Lipinski definition) is 2. The molecule has 120 valence electrons. The normalized spacial score (nSPS) is 10.5. The summed E-state index contributed by atoms with van der Waals surface area (Å²) in [5.41, 5.74) is 1.86. The smallest absolute Gasteiger partial charge is 0.339 e. The van der Waals surface area contributed by atoms with Crippen molar-refractivity contribution in [2.45, 2.75) is 6.10 Å². The van der Waals surface area contributed by atoms with Gasteiger partial charge < -0.3 is 14.9 Å². The third-order valence-electron chi connectivity index (χ3n) is 3.64. The van der Waals surface area contributed by atoms with E-state index in [1.54, 1.807) is 0 Å². The molecule has 4 nitrogen and oxygen atoms in total. The molecule has 0 heterocycles. The Kier molecular flexibility index (Phi) is 4.47. The molecular formula is C20H16O4. The van der Waals surface area contributed by atoms with E-state index in [4.69, 9.17) is 4.74 Å².